The van der Waals surface area contributed by atoms with Crippen LogP contribution in [0.1, 0.15) is 99.8 Å². The van der Waals surface area contributed by atoms with Crippen molar-refractivity contribution in [2.45, 2.75) is 106 Å². The summed E-state index contributed by atoms with van der Waals surface area (Å²) in [7, 11) is 0. The summed E-state index contributed by atoms with van der Waals surface area (Å²) in [5.74, 6) is 1.05. The van der Waals surface area contributed by atoms with Gasteiger partial charge in [-0.2, -0.15) is 0 Å². The molecule has 0 aromatic carbocycles. The summed E-state index contributed by atoms with van der Waals surface area (Å²) >= 11 is 0. The van der Waals surface area contributed by atoms with Gasteiger partial charge in [-0.15, -0.1) is 0 Å². The average Bonchev–Trinajstić information content (AvgIpc) is 2.96. The first-order valence-electron chi connectivity index (χ1n) is 13.9. The normalized spacial score (nSPS) is 46.1. The van der Waals surface area contributed by atoms with Gasteiger partial charge in [0.1, 0.15) is 5.78 Å². The van der Waals surface area contributed by atoms with E-state index in [9.17, 15) is 19.8 Å². The first-order chi connectivity index (χ1) is 16.2. The fourth-order valence-corrected chi connectivity index (χ4v) is 9.43. The van der Waals surface area contributed by atoms with Crippen LogP contribution in [0, 0.1) is 51.2 Å². The van der Waals surface area contributed by atoms with Gasteiger partial charge in [-0.25, -0.2) is 0 Å². The van der Waals surface area contributed by atoms with Crippen LogP contribution >= 0.6 is 0 Å². The zero-order valence-corrected chi connectivity index (χ0v) is 23.0. The number of allylic oxidation sites excluding steroid dienone is 2. The minimum Gasteiger partial charge on any atom is -0.481 e. The Kier molecular flexibility index (Phi) is 6.88. The summed E-state index contributed by atoms with van der Waals surface area (Å²) in [6, 6.07) is 0. The van der Waals surface area contributed by atoms with Crippen molar-refractivity contribution in [3.8, 4) is 0 Å². The lowest BCUT2D eigenvalue weighted by atomic mass is 9.43. The highest BCUT2D eigenvalue weighted by atomic mass is 16.6. The van der Waals surface area contributed by atoms with Crippen LogP contribution in [0.2, 0.25) is 0 Å². The molecule has 1 aliphatic heterocycles. The molecule has 0 spiro atoms. The number of hydrogen-bond acceptors (Lipinski definition) is 4. The maximum Gasteiger partial charge on any atom is 0.312 e. The summed E-state index contributed by atoms with van der Waals surface area (Å²) in [6.07, 6.45) is 8.39. The number of aliphatic hydroxyl groups excluding tert-OH is 1. The zero-order chi connectivity index (χ0) is 26.0. The van der Waals surface area contributed by atoms with Crippen molar-refractivity contribution in [1.82, 2.24) is 0 Å². The van der Waals surface area contributed by atoms with Gasteiger partial charge in [-0.3, -0.25) is 9.59 Å². The van der Waals surface area contributed by atoms with E-state index >= 15 is 0 Å². The predicted molar refractivity (Wildman–Crippen MR) is 137 cm³/mol. The predicted octanol–water partition coefficient (Wildman–Crippen LogP) is 6.24. The van der Waals surface area contributed by atoms with Crippen LogP contribution in [0.5, 0.6) is 0 Å². The van der Waals surface area contributed by atoms with Crippen LogP contribution in [-0.2, 0) is 14.3 Å². The summed E-state index contributed by atoms with van der Waals surface area (Å²) in [5, 5.41) is 20.9. The highest BCUT2D eigenvalue weighted by molar-refractivity contribution is 5.78. The van der Waals surface area contributed by atoms with E-state index in [0.29, 0.717) is 42.8 Å². The zero-order valence-electron chi connectivity index (χ0n) is 23.0. The Morgan fingerprint density at radius 1 is 1.09 bits per heavy atom. The van der Waals surface area contributed by atoms with E-state index in [1.54, 1.807) is 0 Å². The van der Waals surface area contributed by atoms with Crippen molar-refractivity contribution in [2.24, 2.45) is 51.2 Å². The van der Waals surface area contributed by atoms with E-state index in [0.717, 1.165) is 32.1 Å². The fraction of sp³-hybridized carbons (Fsp3) is 0.867. The van der Waals surface area contributed by atoms with Crippen molar-refractivity contribution in [1.29, 1.82) is 0 Å². The van der Waals surface area contributed by atoms with Gasteiger partial charge < -0.3 is 14.9 Å². The monoisotopic (exact) mass is 488 g/mol. The van der Waals surface area contributed by atoms with E-state index in [2.05, 4.69) is 47.6 Å². The molecule has 5 heteroatoms. The lowest BCUT2D eigenvalue weighted by molar-refractivity contribution is -0.163. The third-order valence-electron chi connectivity index (χ3n) is 11.5. The van der Waals surface area contributed by atoms with E-state index in [-0.39, 0.29) is 34.7 Å². The van der Waals surface area contributed by atoms with Gasteiger partial charge in [0.25, 0.3) is 0 Å². The Morgan fingerprint density at radius 3 is 2.40 bits per heavy atom. The number of carbonyl (C=O) groups excluding carboxylic acids is 1. The quantitative estimate of drug-likeness (QED) is 0.432. The molecule has 2 N–H and O–H groups in total. The highest BCUT2D eigenvalue weighted by Gasteiger charge is 2.66. The van der Waals surface area contributed by atoms with Gasteiger partial charge >= 0.3 is 5.97 Å². The minimum atomic E-state index is -1.01. The molecule has 3 fully saturated rings. The van der Waals surface area contributed by atoms with Crippen molar-refractivity contribution in [3.05, 3.63) is 11.6 Å². The molecule has 9 atom stereocenters. The van der Waals surface area contributed by atoms with E-state index in [1.165, 1.54) is 5.57 Å². The van der Waals surface area contributed by atoms with E-state index in [1.807, 2.05) is 6.92 Å². The summed E-state index contributed by atoms with van der Waals surface area (Å²) < 4.78 is 5.68. The number of carboxylic acid groups (broad SMARTS) is 1. The molecule has 3 aliphatic carbocycles. The number of Topliss-reactive ketones (excluding diaryl/α,β-unsaturated/α-hetero) is 1. The van der Waals surface area contributed by atoms with Crippen LogP contribution in [0.4, 0.5) is 0 Å². The van der Waals surface area contributed by atoms with Crippen molar-refractivity contribution in [3.63, 3.8) is 0 Å². The Balaban J connectivity index is 1.67. The molecule has 0 aromatic heterocycles. The SMILES string of the molecule is CC(C)CC(=O)CC(C)C1CCC2(C)C3=CCC4C(C)(C(=O)O)COC(O)CC4(C)C3CCC12C. The standard InChI is InChI=1S/C30H48O5/c1-18(2)14-20(31)15-19(3)21-10-12-30(7)23-8-9-24-27(4,22(23)11-13-29(21,30)6)16-25(32)35-17-28(24,5)26(33)34/h8,18-19,21-22,24-25,32H,9-17H2,1-7H3,(H,33,34). The molecule has 2 saturated carbocycles. The maximum absolute atomic E-state index is 12.7. The second-order valence-corrected chi connectivity index (χ2v) is 14.0. The number of aliphatic hydroxyl groups is 1. The van der Waals surface area contributed by atoms with Crippen LogP contribution < -0.4 is 0 Å². The second-order valence-electron chi connectivity index (χ2n) is 14.0. The summed E-state index contributed by atoms with van der Waals surface area (Å²) in [6.45, 7) is 15.5. The van der Waals surface area contributed by atoms with Crippen LogP contribution in [0.25, 0.3) is 0 Å². The smallest absolute Gasteiger partial charge is 0.312 e. The Morgan fingerprint density at radius 2 is 1.77 bits per heavy atom. The molecule has 1 saturated heterocycles. The molecule has 0 aromatic rings. The van der Waals surface area contributed by atoms with Gasteiger partial charge in [0.05, 0.1) is 12.0 Å². The average molecular weight is 489 g/mol. The first-order valence-corrected chi connectivity index (χ1v) is 13.9. The van der Waals surface area contributed by atoms with Gasteiger partial charge in [0.2, 0.25) is 0 Å². The number of ketones is 1. The minimum absolute atomic E-state index is 0.0433. The van der Waals surface area contributed by atoms with Crippen LogP contribution in [0.15, 0.2) is 11.6 Å². The number of fused-ring (bicyclic) bond motifs is 5. The number of aliphatic carboxylic acids is 1. The number of carboxylic acids is 1. The molecule has 4 rings (SSSR count). The van der Waals surface area contributed by atoms with E-state index in [4.69, 9.17) is 4.74 Å². The van der Waals surface area contributed by atoms with Crippen molar-refractivity contribution in [2.75, 3.05) is 6.61 Å². The Bertz CT molecular complexity index is 893. The van der Waals surface area contributed by atoms with Gasteiger partial charge in [0.15, 0.2) is 6.29 Å². The van der Waals surface area contributed by atoms with Gasteiger partial charge in [-0.1, -0.05) is 53.2 Å². The lowest BCUT2D eigenvalue weighted by Gasteiger charge is -2.61. The lowest BCUT2D eigenvalue weighted by Crippen LogP contribution is -2.55. The summed E-state index contributed by atoms with van der Waals surface area (Å²) in [4.78, 5) is 25.1. The fourth-order valence-electron chi connectivity index (χ4n) is 9.43. The molecular formula is C30H48O5. The molecule has 0 bridgehead atoms. The third-order valence-corrected chi connectivity index (χ3v) is 11.5. The molecule has 5 nitrogen and oxygen atoms in total. The van der Waals surface area contributed by atoms with Gasteiger partial charge in [0, 0.05) is 19.3 Å². The highest BCUT2D eigenvalue weighted by Crippen LogP contribution is 2.72. The van der Waals surface area contributed by atoms with E-state index < -0.39 is 17.7 Å². The Labute approximate surface area is 212 Å². The molecule has 198 valence electrons. The number of hydrogen-bond donors (Lipinski definition) is 2. The number of ether oxygens (including phenoxy) is 1. The topological polar surface area (TPSA) is 83.8 Å². The molecule has 1 heterocycles. The molecular weight excluding hydrogens is 440 g/mol. The first kappa shape index (κ1) is 26.9. The molecule has 35 heavy (non-hydrogen) atoms. The van der Waals surface area contributed by atoms with Crippen molar-refractivity contribution >= 4 is 11.8 Å². The van der Waals surface area contributed by atoms with Gasteiger partial charge in [-0.05, 0) is 84.9 Å². The molecule has 0 radical (unpaired) electrons. The molecule has 0 amide bonds. The molecule has 9 unspecified atom stereocenters. The maximum atomic E-state index is 12.7. The second kappa shape index (κ2) is 8.97. The number of carbonyl (C=O) groups is 2. The van der Waals surface area contributed by atoms with Crippen LogP contribution in [-0.4, -0.2) is 34.9 Å². The van der Waals surface area contributed by atoms with Crippen molar-refractivity contribution < 1.29 is 24.5 Å². The third kappa shape index (κ3) is 4.04. The largest absolute Gasteiger partial charge is 0.481 e. The summed E-state index contributed by atoms with van der Waals surface area (Å²) in [5.41, 5.74) is 0.330. The molecule has 4 aliphatic rings. The Hall–Kier alpha value is -1.20. The van der Waals surface area contributed by atoms with Crippen LogP contribution in [0.3, 0.4) is 0 Å². The number of rotatable bonds is 6.